The van der Waals surface area contributed by atoms with Crippen LogP contribution < -0.4 is 0 Å². The summed E-state index contributed by atoms with van der Waals surface area (Å²) in [6, 6.07) is 0. The number of unbranched alkanes of at least 4 members (excludes halogenated alkanes) is 37. The maximum absolute atomic E-state index is 12.8. The average molecular weight is 906 g/mol. The van der Waals surface area contributed by atoms with E-state index in [1.54, 1.807) is 0 Å². The van der Waals surface area contributed by atoms with Gasteiger partial charge in [0.05, 0.1) is 0 Å². The normalized spacial score (nSPS) is 12.0. The predicted octanol–water partition coefficient (Wildman–Crippen LogP) is 18.9. The second kappa shape index (κ2) is 50.8. The molecule has 0 aliphatic rings. The molecule has 6 nitrogen and oxygen atoms in total. The lowest BCUT2D eigenvalue weighted by molar-refractivity contribution is -0.167. The van der Waals surface area contributed by atoms with Crippen LogP contribution in [0.25, 0.3) is 0 Å². The van der Waals surface area contributed by atoms with E-state index in [2.05, 4.69) is 34.6 Å². The van der Waals surface area contributed by atoms with Crippen LogP contribution in [0.5, 0.6) is 0 Å². The third kappa shape index (κ3) is 51.4. The summed E-state index contributed by atoms with van der Waals surface area (Å²) < 4.78 is 16.9. The molecule has 0 aliphatic heterocycles. The molecule has 0 bridgehead atoms. The number of hydrogen-bond acceptors (Lipinski definition) is 6. The van der Waals surface area contributed by atoms with Gasteiger partial charge in [0.2, 0.25) is 0 Å². The van der Waals surface area contributed by atoms with Crippen molar-refractivity contribution in [3.63, 3.8) is 0 Å². The Labute approximate surface area is 399 Å². The van der Waals surface area contributed by atoms with Gasteiger partial charge in [0, 0.05) is 19.3 Å². The average Bonchev–Trinajstić information content (AvgIpc) is 3.27. The van der Waals surface area contributed by atoms with Crippen molar-refractivity contribution >= 4 is 17.9 Å². The number of esters is 3. The largest absolute Gasteiger partial charge is 0.462 e. The van der Waals surface area contributed by atoms with E-state index in [0.29, 0.717) is 19.3 Å². The minimum Gasteiger partial charge on any atom is -0.462 e. The molecule has 6 heteroatoms. The number of ether oxygens (including phenoxy) is 3. The smallest absolute Gasteiger partial charge is 0.306 e. The molecular weight excluding hydrogens is 793 g/mol. The molecule has 0 amide bonds. The lowest BCUT2D eigenvalue weighted by Gasteiger charge is -2.18. The Hall–Kier alpha value is -1.59. The topological polar surface area (TPSA) is 78.9 Å². The van der Waals surface area contributed by atoms with Gasteiger partial charge in [-0.25, -0.2) is 0 Å². The lowest BCUT2D eigenvalue weighted by Crippen LogP contribution is -2.30. The van der Waals surface area contributed by atoms with Gasteiger partial charge in [-0.15, -0.1) is 0 Å². The second-order valence-corrected chi connectivity index (χ2v) is 20.9. The van der Waals surface area contributed by atoms with E-state index < -0.39 is 6.10 Å². The van der Waals surface area contributed by atoms with E-state index in [-0.39, 0.29) is 31.1 Å². The van der Waals surface area contributed by atoms with Crippen LogP contribution in [0.3, 0.4) is 0 Å². The van der Waals surface area contributed by atoms with Gasteiger partial charge >= 0.3 is 17.9 Å². The summed E-state index contributed by atoms with van der Waals surface area (Å²) in [5.74, 6) is 0.801. The number of carbonyl (C=O) groups is 3. The highest BCUT2D eigenvalue weighted by Crippen LogP contribution is 2.18. The highest BCUT2D eigenvalue weighted by molar-refractivity contribution is 5.71. The van der Waals surface area contributed by atoms with E-state index in [1.165, 1.54) is 212 Å². The van der Waals surface area contributed by atoms with E-state index in [0.717, 1.165) is 69.6 Å². The summed E-state index contributed by atoms with van der Waals surface area (Å²) in [5, 5.41) is 0. The fourth-order valence-corrected chi connectivity index (χ4v) is 8.87. The zero-order valence-corrected chi connectivity index (χ0v) is 43.9. The Morgan fingerprint density at radius 3 is 0.766 bits per heavy atom. The van der Waals surface area contributed by atoms with Crippen LogP contribution in [0, 0.1) is 11.8 Å². The minimum atomic E-state index is -0.763. The highest BCUT2D eigenvalue weighted by atomic mass is 16.6. The molecule has 0 rings (SSSR count). The van der Waals surface area contributed by atoms with Crippen LogP contribution in [0.2, 0.25) is 0 Å². The van der Waals surface area contributed by atoms with Crippen molar-refractivity contribution in [2.45, 2.75) is 330 Å². The minimum absolute atomic E-state index is 0.0631. The molecule has 0 aromatic rings. The Morgan fingerprint density at radius 2 is 0.516 bits per heavy atom. The van der Waals surface area contributed by atoms with Gasteiger partial charge in [0.15, 0.2) is 6.10 Å². The zero-order chi connectivity index (χ0) is 46.8. The Bertz CT molecular complexity index is 978. The third-order valence-corrected chi connectivity index (χ3v) is 13.2. The maximum Gasteiger partial charge on any atom is 0.306 e. The summed E-state index contributed by atoms with van der Waals surface area (Å²) in [6.45, 7) is 11.4. The molecule has 380 valence electrons. The zero-order valence-electron chi connectivity index (χ0n) is 43.9. The van der Waals surface area contributed by atoms with Crippen molar-refractivity contribution in [1.82, 2.24) is 0 Å². The van der Waals surface area contributed by atoms with Crippen molar-refractivity contribution in [2.24, 2.45) is 11.8 Å². The molecule has 0 aliphatic carbocycles. The van der Waals surface area contributed by atoms with E-state index >= 15 is 0 Å². The monoisotopic (exact) mass is 905 g/mol. The third-order valence-electron chi connectivity index (χ3n) is 13.2. The van der Waals surface area contributed by atoms with Crippen LogP contribution in [0.15, 0.2) is 0 Å². The van der Waals surface area contributed by atoms with Crippen molar-refractivity contribution in [1.29, 1.82) is 0 Å². The first-order valence-corrected chi connectivity index (χ1v) is 28.7. The fourth-order valence-electron chi connectivity index (χ4n) is 8.87. The molecule has 0 unspecified atom stereocenters. The quantitative estimate of drug-likeness (QED) is 0.0344. The van der Waals surface area contributed by atoms with Crippen LogP contribution in [0.4, 0.5) is 0 Å². The Kier molecular flexibility index (Phi) is 49.6. The number of rotatable bonds is 52. The van der Waals surface area contributed by atoms with Crippen LogP contribution in [-0.4, -0.2) is 37.2 Å². The van der Waals surface area contributed by atoms with E-state index in [4.69, 9.17) is 14.2 Å². The first kappa shape index (κ1) is 62.4. The molecule has 64 heavy (non-hydrogen) atoms. The summed E-state index contributed by atoms with van der Waals surface area (Å²) in [7, 11) is 0. The summed E-state index contributed by atoms with van der Waals surface area (Å²) in [5.41, 5.74) is 0. The van der Waals surface area contributed by atoms with Gasteiger partial charge in [-0.05, 0) is 31.1 Å². The molecule has 0 saturated heterocycles. The summed E-state index contributed by atoms with van der Waals surface area (Å²) in [6.07, 6.45) is 53.8. The molecule has 0 aromatic carbocycles. The standard InChI is InChI=1S/C58H112O6/c1-6-7-8-9-10-11-12-13-14-15-16-17-18-19-22-28-33-38-43-48-56(59)62-51-55(52-63-57(60)49-44-39-34-29-25-24-27-32-37-42-47-54(4)5)64-58(61)50-45-40-35-30-23-20-21-26-31-36-41-46-53(2)3/h53-55H,6-52H2,1-5H3/t55-/m0/s1. The molecule has 0 aromatic heterocycles. The SMILES string of the molecule is CCCCCCCCCCCCCCCCCCCCCC(=O)OC[C@@H](COC(=O)CCCCCCCCCCCCC(C)C)OC(=O)CCCCCCCCCCCCCC(C)C. The first-order chi connectivity index (χ1) is 31.2. The van der Waals surface area contributed by atoms with Crippen molar-refractivity contribution in [3.8, 4) is 0 Å². The molecule has 0 spiro atoms. The highest BCUT2D eigenvalue weighted by Gasteiger charge is 2.19. The van der Waals surface area contributed by atoms with Crippen LogP contribution in [-0.2, 0) is 28.6 Å². The molecule has 1 atom stereocenters. The lowest BCUT2D eigenvalue weighted by atomic mass is 10.0. The molecule has 0 saturated carbocycles. The van der Waals surface area contributed by atoms with Gasteiger partial charge in [-0.1, -0.05) is 285 Å². The maximum atomic E-state index is 12.8. The summed E-state index contributed by atoms with van der Waals surface area (Å²) in [4.78, 5) is 38.1. The predicted molar refractivity (Wildman–Crippen MR) is 275 cm³/mol. The van der Waals surface area contributed by atoms with Crippen molar-refractivity contribution in [2.75, 3.05) is 13.2 Å². The second-order valence-electron chi connectivity index (χ2n) is 20.9. The Morgan fingerprint density at radius 1 is 0.297 bits per heavy atom. The van der Waals surface area contributed by atoms with Crippen LogP contribution in [0.1, 0.15) is 324 Å². The number of hydrogen-bond donors (Lipinski definition) is 0. The van der Waals surface area contributed by atoms with Crippen molar-refractivity contribution < 1.29 is 28.6 Å². The van der Waals surface area contributed by atoms with Crippen molar-refractivity contribution in [3.05, 3.63) is 0 Å². The Balaban J connectivity index is 4.27. The number of carbonyl (C=O) groups excluding carboxylic acids is 3. The van der Waals surface area contributed by atoms with Gasteiger partial charge in [0.1, 0.15) is 13.2 Å². The molecular formula is C58H112O6. The van der Waals surface area contributed by atoms with Gasteiger partial charge in [0.25, 0.3) is 0 Å². The van der Waals surface area contributed by atoms with E-state index in [1.807, 2.05) is 0 Å². The van der Waals surface area contributed by atoms with Gasteiger partial charge in [-0.2, -0.15) is 0 Å². The molecule has 0 fully saturated rings. The first-order valence-electron chi connectivity index (χ1n) is 28.7. The van der Waals surface area contributed by atoms with E-state index in [9.17, 15) is 14.4 Å². The molecule has 0 radical (unpaired) electrons. The van der Waals surface area contributed by atoms with Gasteiger partial charge < -0.3 is 14.2 Å². The van der Waals surface area contributed by atoms with Gasteiger partial charge in [-0.3, -0.25) is 14.4 Å². The fraction of sp³-hybridized carbons (Fsp3) is 0.948. The molecule has 0 N–H and O–H groups in total. The summed E-state index contributed by atoms with van der Waals surface area (Å²) >= 11 is 0. The molecule has 0 heterocycles. The van der Waals surface area contributed by atoms with Crippen LogP contribution >= 0.6 is 0 Å².